The smallest absolute Gasteiger partial charge is 0.306 e. The predicted octanol–water partition coefficient (Wildman–Crippen LogP) is 3.47. The van der Waals surface area contributed by atoms with Gasteiger partial charge in [-0.3, -0.25) is 25.2 Å². The lowest BCUT2D eigenvalue weighted by Gasteiger charge is -2.08. The van der Waals surface area contributed by atoms with Crippen LogP contribution >= 0.6 is 15.9 Å². The summed E-state index contributed by atoms with van der Waals surface area (Å²) < 4.78 is 5.93. The van der Waals surface area contributed by atoms with E-state index in [0.717, 1.165) is 22.9 Å². The van der Waals surface area contributed by atoms with Crippen LogP contribution in [-0.4, -0.2) is 24.4 Å². The summed E-state index contributed by atoms with van der Waals surface area (Å²) in [6.07, 6.45) is 1.46. The molecule has 0 radical (unpaired) electrons. The number of carbonyl (C=O) groups is 3. The summed E-state index contributed by atoms with van der Waals surface area (Å²) in [5.74, 6) is -1.32. The first-order valence-corrected chi connectivity index (χ1v) is 9.80. The Labute approximate surface area is 172 Å². The average Bonchev–Trinajstić information content (AvgIpc) is 2.70. The van der Waals surface area contributed by atoms with Crippen molar-refractivity contribution in [2.24, 2.45) is 0 Å². The van der Waals surface area contributed by atoms with Crippen LogP contribution in [0.1, 0.15) is 40.7 Å². The summed E-state index contributed by atoms with van der Waals surface area (Å²) in [5.41, 5.74) is 7.23. The number of nitrogens with one attached hydrogen (secondary N) is 2. The summed E-state index contributed by atoms with van der Waals surface area (Å²) in [4.78, 5) is 35.5. The van der Waals surface area contributed by atoms with Crippen molar-refractivity contribution in [1.29, 1.82) is 0 Å². The molecule has 0 saturated heterocycles. The van der Waals surface area contributed by atoms with Crippen molar-refractivity contribution in [3.05, 3.63) is 69.7 Å². The van der Waals surface area contributed by atoms with Gasteiger partial charge in [0.15, 0.2) is 0 Å². The number of aryl methyl sites for hydroxylation is 2. The number of esters is 1. The third-order valence-corrected chi connectivity index (χ3v) is 4.88. The molecular formula is C21H23BrN2O4. The summed E-state index contributed by atoms with van der Waals surface area (Å²) in [5, 5.41) is 0. The zero-order valence-electron chi connectivity index (χ0n) is 15.7. The summed E-state index contributed by atoms with van der Waals surface area (Å²) in [6, 6.07) is 15.1. The molecule has 0 aliphatic heterocycles. The van der Waals surface area contributed by atoms with Crippen molar-refractivity contribution in [2.75, 3.05) is 6.61 Å². The lowest BCUT2D eigenvalue weighted by molar-refractivity contribution is -0.145. The molecule has 7 heteroatoms. The summed E-state index contributed by atoms with van der Waals surface area (Å²) in [6.45, 7) is 2.22. The molecule has 0 aliphatic carbocycles. The van der Waals surface area contributed by atoms with Gasteiger partial charge in [0.1, 0.15) is 0 Å². The number of hydrogen-bond acceptors (Lipinski definition) is 4. The molecule has 2 amide bonds. The predicted molar refractivity (Wildman–Crippen MR) is 109 cm³/mol. The van der Waals surface area contributed by atoms with Crippen molar-refractivity contribution in [2.45, 2.75) is 32.6 Å². The molecule has 2 N–H and O–H groups in total. The molecule has 6 nitrogen and oxygen atoms in total. The van der Waals surface area contributed by atoms with Gasteiger partial charge in [0.05, 0.1) is 13.0 Å². The Kier molecular flexibility index (Phi) is 8.68. The van der Waals surface area contributed by atoms with E-state index in [0.29, 0.717) is 12.2 Å². The van der Waals surface area contributed by atoms with Crippen LogP contribution in [0.2, 0.25) is 0 Å². The first kappa shape index (κ1) is 21.6. The molecule has 0 atom stereocenters. The van der Waals surface area contributed by atoms with Gasteiger partial charge in [0.2, 0.25) is 5.91 Å². The van der Waals surface area contributed by atoms with Gasteiger partial charge in [-0.15, -0.1) is 0 Å². The molecule has 0 bridgehead atoms. The highest BCUT2D eigenvalue weighted by Gasteiger charge is 2.11. The zero-order chi connectivity index (χ0) is 20.4. The highest BCUT2D eigenvalue weighted by atomic mass is 79.9. The lowest BCUT2D eigenvalue weighted by Crippen LogP contribution is -2.41. The molecular weight excluding hydrogens is 424 g/mol. The molecule has 0 heterocycles. The monoisotopic (exact) mass is 446 g/mol. The fourth-order valence-corrected chi connectivity index (χ4v) is 2.77. The SMILES string of the molecule is Cc1ccc(C(=O)NNC(=O)CCC(=O)OCCCc2ccccc2)cc1Br. The fourth-order valence-electron chi connectivity index (χ4n) is 2.39. The second kappa shape index (κ2) is 11.2. The van der Waals surface area contributed by atoms with Gasteiger partial charge in [0, 0.05) is 16.5 Å². The number of ether oxygens (including phenoxy) is 1. The van der Waals surface area contributed by atoms with Crippen LogP contribution in [0.4, 0.5) is 0 Å². The van der Waals surface area contributed by atoms with Crippen molar-refractivity contribution in [1.82, 2.24) is 10.9 Å². The van der Waals surface area contributed by atoms with Crippen LogP contribution in [0.3, 0.4) is 0 Å². The van der Waals surface area contributed by atoms with Gasteiger partial charge in [-0.1, -0.05) is 52.3 Å². The molecule has 0 spiro atoms. The van der Waals surface area contributed by atoms with E-state index < -0.39 is 17.8 Å². The Morgan fingerprint density at radius 2 is 1.75 bits per heavy atom. The lowest BCUT2D eigenvalue weighted by atomic mass is 10.1. The average molecular weight is 447 g/mol. The second-order valence-electron chi connectivity index (χ2n) is 6.28. The van der Waals surface area contributed by atoms with Gasteiger partial charge >= 0.3 is 5.97 Å². The van der Waals surface area contributed by atoms with Gasteiger partial charge in [0.25, 0.3) is 5.91 Å². The van der Waals surface area contributed by atoms with E-state index in [1.165, 1.54) is 5.56 Å². The van der Waals surface area contributed by atoms with Crippen LogP contribution in [0.15, 0.2) is 53.0 Å². The minimum absolute atomic E-state index is 0.0386. The van der Waals surface area contributed by atoms with Crippen LogP contribution < -0.4 is 10.9 Å². The van der Waals surface area contributed by atoms with E-state index in [2.05, 4.69) is 26.8 Å². The first-order valence-electron chi connectivity index (χ1n) is 9.00. The van der Waals surface area contributed by atoms with Crippen molar-refractivity contribution >= 4 is 33.7 Å². The normalized spacial score (nSPS) is 10.2. The molecule has 0 saturated carbocycles. The Bertz CT molecular complexity index is 824. The number of hydrogen-bond donors (Lipinski definition) is 2. The molecule has 2 rings (SSSR count). The van der Waals surface area contributed by atoms with Crippen LogP contribution in [0.25, 0.3) is 0 Å². The highest BCUT2D eigenvalue weighted by Crippen LogP contribution is 2.17. The zero-order valence-corrected chi connectivity index (χ0v) is 17.3. The maximum absolute atomic E-state index is 12.0. The number of halogens is 1. The molecule has 0 unspecified atom stereocenters. The van der Waals surface area contributed by atoms with Crippen molar-refractivity contribution in [3.63, 3.8) is 0 Å². The largest absolute Gasteiger partial charge is 0.466 e. The van der Waals surface area contributed by atoms with E-state index in [1.807, 2.05) is 37.3 Å². The van der Waals surface area contributed by atoms with E-state index in [-0.39, 0.29) is 12.8 Å². The Morgan fingerprint density at radius 3 is 2.46 bits per heavy atom. The summed E-state index contributed by atoms with van der Waals surface area (Å²) in [7, 11) is 0. The number of rotatable bonds is 8. The Morgan fingerprint density at radius 1 is 1.00 bits per heavy atom. The Balaban J connectivity index is 1.60. The third-order valence-electron chi connectivity index (χ3n) is 4.02. The van der Waals surface area contributed by atoms with Gasteiger partial charge in [-0.2, -0.15) is 0 Å². The topological polar surface area (TPSA) is 84.5 Å². The van der Waals surface area contributed by atoms with E-state index in [4.69, 9.17) is 4.74 Å². The van der Waals surface area contributed by atoms with Gasteiger partial charge in [-0.05, 0) is 43.0 Å². The maximum Gasteiger partial charge on any atom is 0.306 e. The standard InChI is InChI=1S/C21H23BrN2O4/c1-15-9-10-17(14-18(15)22)21(27)24-23-19(25)11-12-20(26)28-13-5-8-16-6-3-2-4-7-16/h2-4,6-7,9-10,14H,5,8,11-13H2,1H3,(H,23,25)(H,24,27). The fraction of sp³-hybridized carbons (Fsp3) is 0.286. The van der Waals surface area contributed by atoms with Crippen LogP contribution in [0.5, 0.6) is 0 Å². The summed E-state index contributed by atoms with van der Waals surface area (Å²) >= 11 is 3.36. The maximum atomic E-state index is 12.0. The van der Waals surface area contributed by atoms with E-state index in [1.54, 1.807) is 18.2 Å². The van der Waals surface area contributed by atoms with Crippen LogP contribution in [0, 0.1) is 6.92 Å². The number of amides is 2. The minimum atomic E-state index is -0.458. The third kappa shape index (κ3) is 7.52. The quantitative estimate of drug-likeness (QED) is 0.369. The second-order valence-corrected chi connectivity index (χ2v) is 7.13. The molecule has 148 valence electrons. The molecule has 28 heavy (non-hydrogen) atoms. The molecule has 0 fully saturated rings. The minimum Gasteiger partial charge on any atom is -0.466 e. The molecule has 0 aromatic heterocycles. The van der Waals surface area contributed by atoms with Crippen molar-refractivity contribution < 1.29 is 19.1 Å². The van der Waals surface area contributed by atoms with E-state index in [9.17, 15) is 14.4 Å². The number of benzene rings is 2. The van der Waals surface area contributed by atoms with Gasteiger partial charge in [-0.25, -0.2) is 0 Å². The number of carbonyl (C=O) groups excluding carboxylic acids is 3. The van der Waals surface area contributed by atoms with E-state index >= 15 is 0 Å². The number of hydrazine groups is 1. The Hall–Kier alpha value is -2.67. The highest BCUT2D eigenvalue weighted by molar-refractivity contribution is 9.10. The van der Waals surface area contributed by atoms with Crippen LogP contribution in [-0.2, 0) is 20.7 Å². The van der Waals surface area contributed by atoms with Crippen molar-refractivity contribution in [3.8, 4) is 0 Å². The van der Waals surface area contributed by atoms with Gasteiger partial charge < -0.3 is 4.74 Å². The molecule has 2 aromatic carbocycles. The first-order chi connectivity index (χ1) is 13.5. The molecule has 2 aromatic rings. The molecule has 0 aliphatic rings.